The number of amides is 2. The first kappa shape index (κ1) is 20.9. The third-order valence-electron chi connectivity index (χ3n) is 5.54. The van der Waals surface area contributed by atoms with Gasteiger partial charge in [-0.1, -0.05) is 49.2 Å². The largest absolute Gasteiger partial charge is 0.366 e. The van der Waals surface area contributed by atoms with Crippen molar-refractivity contribution in [1.29, 1.82) is 0 Å². The molecule has 2 aliphatic rings. The Labute approximate surface area is 184 Å². The average molecular weight is 447 g/mol. The van der Waals surface area contributed by atoms with Gasteiger partial charge in [-0.2, -0.15) is 0 Å². The van der Waals surface area contributed by atoms with Crippen molar-refractivity contribution in [1.82, 2.24) is 4.90 Å². The van der Waals surface area contributed by atoms with Crippen LogP contribution in [0.2, 0.25) is 10.0 Å². The lowest BCUT2D eigenvalue weighted by Crippen LogP contribution is -2.42. The Morgan fingerprint density at radius 1 is 0.900 bits per heavy atom. The summed E-state index contributed by atoms with van der Waals surface area (Å²) in [6, 6.07) is 10.3. The van der Waals surface area contributed by atoms with Crippen LogP contribution >= 0.6 is 23.2 Å². The Morgan fingerprint density at radius 2 is 1.53 bits per heavy atom. The number of halogens is 3. The Morgan fingerprint density at radius 3 is 2.13 bits per heavy atom. The van der Waals surface area contributed by atoms with E-state index in [4.69, 9.17) is 23.2 Å². The van der Waals surface area contributed by atoms with E-state index in [1.165, 1.54) is 30.3 Å². The van der Waals surface area contributed by atoms with E-state index in [1.54, 1.807) is 12.1 Å². The minimum absolute atomic E-state index is 0.256. The molecular weight excluding hydrogens is 426 g/mol. The first-order chi connectivity index (χ1) is 14.3. The fourth-order valence-corrected chi connectivity index (χ4v) is 4.68. The van der Waals surface area contributed by atoms with Crippen LogP contribution in [0.5, 0.6) is 0 Å². The van der Waals surface area contributed by atoms with Gasteiger partial charge in [0.05, 0.1) is 21.3 Å². The standard InChI is InChI=1S/C23H21Cl2FN2O2/c1-13-9-14(2)12-27(11-13)21-20(15-3-5-16(26)6-4-15)22(29)28(23(21)30)17-7-8-18(24)19(25)10-17/h3-8,10,13-14H,9,11-12H2,1-2H3. The van der Waals surface area contributed by atoms with E-state index in [1.807, 2.05) is 4.90 Å². The van der Waals surface area contributed by atoms with Gasteiger partial charge in [0.1, 0.15) is 11.5 Å². The third-order valence-corrected chi connectivity index (χ3v) is 6.28. The monoisotopic (exact) mass is 446 g/mol. The van der Waals surface area contributed by atoms with Gasteiger partial charge in [0.2, 0.25) is 0 Å². The fraction of sp³-hybridized carbons (Fsp3) is 0.304. The molecule has 2 aromatic rings. The van der Waals surface area contributed by atoms with Gasteiger partial charge in [-0.3, -0.25) is 9.59 Å². The average Bonchev–Trinajstić information content (AvgIpc) is 2.94. The lowest BCUT2D eigenvalue weighted by molar-refractivity contribution is -0.120. The minimum atomic E-state index is -0.453. The van der Waals surface area contributed by atoms with Crippen molar-refractivity contribution in [2.75, 3.05) is 18.0 Å². The third kappa shape index (κ3) is 3.72. The van der Waals surface area contributed by atoms with Crippen LogP contribution in [0.25, 0.3) is 5.57 Å². The summed E-state index contributed by atoms with van der Waals surface area (Å²) in [7, 11) is 0. The Kier molecular flexibility index (Phi) is 5.60. The first-order valence-corrected chi connectivity index (χ1v) is 10.6. The number of benzene rings is 2. The van der Waals surface area contributed by atoms with Gasteiger partial charge in [0.25, 0.3) is 11.8 Å². The number of likely N-dealkylation sites (tertiary alicyclic amines) is 1. The molecule has 0 aromatic heterocycles. The number of piperidine rings is 1. The van der Waals surface area contributed by atoms with Crippen LogP contribution in [0.15, 0.2) is 48.2 Å². The Bertz CT molecular complexity index is 1040. The lowest BCUT2D eigenvalue weighted by atomic mass is 9.91. The second-order valence-corrected chi connectivity index (χ2v) is 8.94. The number of hydrogen-bond donors (Lipinski definition) is 0. The minimum Gasteiger partial charge on any atom is -0.366 e. The molecular formula is C23H21Cl2FN2O2. The molecule has 0 spiro atoms. The molecule has 0 saturated carbocycles. The zero-order valence-corrected chi connectivity index (χ0v) is 18.2. The van der Waals surface area contributed by atoms with Gasteiger partial charge in [0.15, 0.2) is 0 Å². The summed E-state index contributed by atoms with van der Waals surface area (Å²) in [4.78, 5) is 30.1. The van der Waals surface area contributed by atoms with Gasteiger partial charge >= 0.3 is 0 Å². The van der Waals surface area contributed by atoms with Crippen LogP contribution < -0.4 is 4.90 Å². The maximum Gasteiger partial charge on any atom is 0.282 e. The quantitative estimate of drug-likeness (QED) is 0.592. The molecule has 0 N–H and O–H groups in total. The zero-order valence-electron chi connectivity index (χ0n) is 16.7. The molecule has 2 atom stereocenters. The van der Waals surface area contributed by atoms with E-state index in [9.17, 15) is 14.0 Å². The highest BCUT2D eigenvalue weighted by atomic mass is 35.5. The van der Waals surface area contributed by atoms with Crippen molar-refractivity contribution in [3.8, 4) is 0 Å². The number of anilines is 1. The van der Waals surface area contributed by atoms with Gasteiger partial charge in [0, 0.05) is 13.1 Å². The normalized spacial score (nSPS) is 22.3. The van der Waals surface area contributed by atoms with Crippen LogP contribution in [-0.2, 0) is 9.59 Å². The predicted molar refractivity (Wildman–Crippen MR) is 117 cm³/mol. The fourth-order valence-electron chi connectivity index (χ4n) is 4.39. The van der Waals surface area contributed by atoms with Crippen LogP contribution in [0.1, 0.15) is 25.8 Å². The molecule has 156 valence electrons. The molecule has 2 heterocycles. The number of rotatable bonds is 3. The molecule has 0 radical (unpaired) electrons. The van der Waals surface area contributed by atoms with Crippen molar-refractivity contribution in [3.63, 3.8) is 0 Å². The molecule has 0 aliphatic carbocycles. The van der Waals surface area contributed by atoms with E-state index in [0.29, 0.717) is 46.9 Å². The molecule has 2 aromatic carbocycles. The van der Waals surface area contributed by atoms with Crippen LogP contribution in [-0.4, -0.2) is 29.8 Å². The second-order valence-electron chi connectivity index (χ2n) is 8.13. The van der Waals surface area contributed by atoms with Gasteiger partial charge in [-0.25, -0.2) is 9.29 Å². The van der Waals surface area contributed by atoms with Crippen molar-refractivity contribution in [2.45, 2.75) is 20.3 Å². The first-order valence-electron chi connectivity index (χ1n) is 9.85. The topological polar surface area (TPSA) is 40.6 Å². The molecule has 30 heavy (non-hydrogen) atoms. The summed E-state index contributed by atoms with van der Waals surface area (Å²) in [5, 5.41) is 0.594. The molecule has 1 fully saturated rings. The summed E-state index contributed by atoms with van der Waals surface area (Å²) < 4.78 is 13.5. The Balaban J connectivity index is 1.84. The highest BCUT2D eigenvalue weighted by Gasteiger charge is 2.43. The number of carbonyl (C=O) groups excluding carboxylic acids is 2. The summed E-state index contributed by atoms with van der Waals surface area (Å²) in [6.07, 6.45) is 1.06. The van der Waals surface area contributed by atoms with Gasteiger partial charge < -0.3 is 4.90 Å². The van der Waals surface area contributed by atoms with Crippen LogP contribution in [0.4, 0.5) is 10.1 Å². The second kappa shape index (κ2) is 8.05. The molecule has 1 saturated heterocycles. The molecule has 2 unspecified atom stereocenters. The van der Waals surface area contributed by atoms with E-state index in [2.05, 4.69) is 13.8 Å². The summed E-state index contributed by atoms with van der Waals surface area (Å²) in [5.41, 5.74) is 1.51. The van der Waals surface area contributed by atoms with Crippen molar-refractivity contribution >= 4 is 46.3 Å². The van der Waals surface area contributed by atoms with Crippen molar-refractivity contribution in [3.05, 3.63) is 69.6 Å². The zero-order chi connectivity index (χ0) is 21.6. The molecule has 4 rings (SSSR count). The SMILES string of the molecule is CC1CC(C)CN(C2=C(c3ccc(F)cc3)C(=O)N(c3ccc(Cl)c(Cl)c3)C2=O)C1. The van der Waals surface area contributed by atoms with E-state index >= 15 is 0 Å². The molecule has 4 nitrogen and oxygen atoms in total. The maximum atomic E-state index is 13.5. The number of hydrogen-bond acceptors (Lipinski definition) is 3. The van der Waals surface area contributed by atoms with Crippen molar-refractivity contribution in [2.24, 2.45) is 11.8 Å². The smallest absolute Gasteiger partial charge is 0.282 e. The molecule has 0 bridgehead atoms. The summed E-state index contributed by atoms with van der Waals surface area (Å²) in [6.45, 7) is 5.63. The number of carbonyl (C=O) groups is 2. The Hall–Kier alpha value is -2.37. The van der Waals surface area contributed by atoms with Gasteiger partial charge in [-0.05, 0) is 54.2 Å². The number of imide groups is 1. The van der Waals surface area contributed by atoms with Crippen molar-refractivity contribution < 1.29 is 14.0 Å². The van der Waals surface area contributed by atoms with Crippen LogP contribution in [0.3, 0.4) is 0 Å². The van der Waals surface area contributed by atoms with Crippen LogP contribution in [0, 0.1) is 17.7 Å². The number of nitrogens with zero attached hydrogens (tertiary/aromatic N) is 2. The summed E-state index contributed by atoms with van der Waals surface area (Å²) >= 11 is 12.1. The van der Waals surface area contributed by atoms with Gasteiger partial charge in [-0.15, -0.1) is 0 Å². The van der Waals surface area contributed by atoms with E-state index < -0.39 is 17.6 Å². The molecule has 2 aliphatic heterocycles. The summed E-state index contributed by atoms with van der Waals surface area (Å²) in [5.74, 6) is -0.487. The highest BCUT2D eigenvalue weighted by molar-refractivity contribution is 6.46. The van der Waals surface area contributed by atoms with E-state index in [-0.39, 0.29) is 10.6 Å². The predicted octanol–water partition coefficient (Wildman–Crippen LogP) is 5.39. The molecule has 2 amide bonds. The highest BCUT2D eigenvalue weighted by Crippen LogP contribution is 2.38. The molecule has 7 heteroatoms. The van der Waals surface area contributed by atoms with E-state index in [0.717, 1.165) is 11.3 Å². The maximum absolute atomic E-state index is 13.5. The lowest BCUT2D eigenvalue weighted by Gasteiger charge is -2.37.